The number of pyridine rings is 1. The predicted octanol–water partition coefficient (Wildman–Crippen LogP) is 2.28. The zero-order valence-electron chi connectivity index (χ0n) is 10.7. The third-order valence-corrected chi connectivity index (χ3v) is 2.81. The molecule has 2 aromatic rings. The van der Waals surface area contributed by atoms with Crippen molar-refractivity contribution in [2.45, 2.75) is 0 Å². The van der Waals surface area contributed by atoms with E-state index in [9.17, 15) is 4.79 Å². The number of amides is 1. The van der Waals surface area contributed by atoms with Crippen molar-refractivity contribution in [1.29, 1.82) is 0 Å². The lowest BCUT2D eigenvalue weighted by Gasteiger charge is -2.10. The van der Waals surface area contributed by atoms with Gasteiger partial charge in [-0.15, -0.1) is 0 Å². The number of hydrazine groups is 1. The lowest BCUT2D eigenvalue weighted by Crippen LogP contribution is -2.15. The Balaban J connectivity index is 2.20. The monoisotopic (exact) mass is 292 g/mol. The SMILES string of the molecule is COc1ccc(Cl)cc1NC(=O)c1ccc(NN)cn1. The fourth-order valence-corrected chi connectivity index (χ4v) is 1.75. The van der Waals surface area contributed by atoms with E-state index in [-0.39, 0.29) is 11.6 Å². The number of anilines is 2. The van der Waals surface area contributed by atoms with Gasteiger partial charge in [-0.05, 0) is 30.3 Å². The Morgan fingerprint density at radius 2 is 2.15 bits per heavy atom. The summed E-state index contributed by atoms with van der Waals surface area (Å²) in [7, 11) is 1.51. The molecule has 0 aliphatic rings. The van der Waals surface area contributed by atoms with Crippen LogP contribution in [0, 0.1) is 0 Å². The Hall–Kier alpha value is -2.31. The lowest BCUT2D eigenvalue weighted by molar-refractivity contribution is 0.102. The third-order valence-electron chi connectivity index (χ3n) is 2.57. The minimum Gasteiger partial charge on any atom is -0.495 e. The summed E-state index contributed by atoms with van der Waals surface area (Å²) in [6, 6.07) is 8.16. The van der Waals surface area contributed by atoms with Crippen molar-refractivity contribution in [3.8, 4) is 5.75 Å². The average molecular weight is 293 g/mol. The molecule has 4 N–H and O–H groups in total. The Morgan fingerprint density at radius 3 is 2.75 bits per heavy atom. The molecule has 0 saturated heterocycles. The summed E-state index contributed by atoms with van der Waals surface area (Å²) in [6.07, 6.45) is 1.46. The van der Waals surface area contributed by atoms with Crippen LogP contribution in [0.15, 0.2) is 36.5 Å². The van der Waals surface area contributed by atoms with E-state index in [1.165, 1.54) is 13.3 Å². The standard InChI is InChI=1S/C13H13ClN4O2/c1-20-12-5-2-8(14)6-11(12)17-13(19)10-4-3-9(18-15)7-16-10/h2-7,18H,15H2,1H3,(H,17,19). The Labute approximate surface area is 120 Å². The number of nitrogen functional groups attached to an aromatic ring is 1. The number of nitrogens with zero attached hydrogens (tertiary/aromatic N) is 1. The number of benzene rings is 1. The molecule has 1 amide bonds. The second kappa shape index (κ2) is 6.23. The van der Waals surface area contributed by atoms with Gasteiger partial charge in [0, 0.05) is 5.02 Å². The first-order valence-corrected chi connectivity index (χ1v) is 6.09. The van der Waals surface area contributed by atoms with Crippen molar-refractivity contribution in [2.24, 2.45) is 5.84 Å². The highest BCUT2D eigenvalue weighted by atomic mass is 35.5. The van der Waals surface area contributed by atoms with Crippen LogP contribution in [-0.4, -0.2) is 18.0 Å². The van der Waals surface area contributed by atoms with Gasteiger partial charge in [0.25, 0.3) is 5.91 Å². The quantitative estimate of drug-likeness (QED) is 0.594. The first-order valence-electron chi connectivity index (χ1n) is 5.71. The van der Waals surface area contributed by atoms with Gasteiger partial charge < -0.3 is 15.5 Å². The number of halogens is 1. The number of aromatic nitrogens is 1. The molecule has 20 heavy (non-hydrogen) atoms. The van der Waals surface area contributed by atoms with Gasteiger partial charge in [0.1, 0.15) is 11.4 Å². The van der Waals surface area contributed by atoms with Crippen LogP contribution in [0.3, 0.4) is 0 Å². The van der Waals surface area contributed by atoms with Gasteiger partial charge in [-0.3, -0.25) is 10.6 Å². The summed E-state index contributed by atoms with van der Waals surface area (Å²) >= 11 is 5.90. The molecule has 0 fully saturated rings. The summed E-state index contributed by atoms with van der Waals surface area (Å²) in [6.45, 7) is 0. The molecule has 104 valence electrons. The number of nitrogens with one attached hydrogen (secondary N) is 2. The molecule has 0 atom stereocenters. The van der Waals surface area contributed by atoms with Crippen LogP contribution in [0.2, 0.25) is 5.02 Å². The van der Waals surface area contributed by atoms with Gasteiger partial charge in [0.15, 0.2) is 0 Å². The maximum absolute atomic E-state index is 12.1. The van der Waals surface area contributed by atoms with Crippen molar-refractivity contribution in [3.05, 3.63) is 47.2 Å². The van der Waals surface area contributed by atoms with Crippen LogP contribution in [-0.2, 0) is 0 Å². The average Bonchev–Trinajstić information content (AvgIpc) is 2.47. The molecule has 2 rings (SSSR count). The van der Waals surface area contributed by atoms with Crippen molar-refractivity contribution in [1.82, 2.24) is 4.98 Å². The smallest absolute Gasteiger partial charge is 0.274 e. The van der Waals surface area contributed by atoms with Gasteiger partial charge in [-0.1, -0.05) is 11.6 Å². The summed E-state index contributed by atoms with van der Waals surface area (Å²) < 4.78 is 5.15. The minimum atomic E-state index is -0.367. The molecular weight excluding hydrogens is 280 g/mol. The van der Waals surface area contributed by atoms with Gasteiger partial charge in [0.05, 0.1) is 24.7 Å². The molecule has 1 aromatic heterocycles. The summed E-state index contributed by atoms with van der Waals surface area (Å²) in [5.74, 6) is 5.38. The van der Waals surface area contributed by atoms with Crippen LogP contribution >= 0.6 is 11.6 Å². The maximum atomic E-state index is 12.1. The molecule has 0 bridgehead atoms. The number of hydrogen-bond acceptors (Lipinski definition) is 5. The van der Waals surface area contributed by atoms with E-state index >= 15 is 0 Å². The van der Waals surface area contributed by atoms with E-state index in [0.717, 1.165) is 0 Å². The number of nitrogens with two attached hydrogens (primary N) is 1. The van der Waals surface area contributed by atoms with Crippen molar-refractivity contribution in [2.75, 3.05) is 17.9 Å². The zero-order chi connectivity index (χ0) is 14.5. The number of carbonyl (C=O) groups is 1. The second-order valence-electron chi connectivity index (χ2n) is 3.88. The van der Waals surface area contributed by atoms with Crippen LogP contribution in [0.25, 0.3) is 0 Å². The molecule has 1 heterocycles. The molecule has 7 heteroatoms. The van der Waals surface area contributed by atoms with E-state index in [4.69, 9.17) is 22.2 Å². The lowest BCUT2D eigenvalue weighted by atomic mass is 10.2. The highest BCUT2D eigenvalue weighted by Gasteiger charge is 2.11. The second-order valence-corrected chi connectivity index (χ2v) is 4.31. The Morgan fingerprint density at radius 1 is 1.35 bits per heavy atom. The van der Waals surface area contributed by atoms with Crippen LogP contribution in [0.4, 0.5) is 11.4 Å². The van der Waals surface area contributed by atoms with E-state index in [0.29, 0.717) is 22.1 Å². The summed E-state index contributed by atoms with van der Waals surface area (Å²) in [5.41, 5.74) is 3.78. The molecule has 6 nitrogen and oxygen atoms in total. The predicted molar refractivity (Wildman–Crippen MR) is 78.0 cm³/mol. The summed E-state index contributed by atoms with van der Waals surface area (Å²) in [5, 5.41) is 3.19. The highest BCUT2D eigenvalue weighted by molar-refractivity contribution is 6.31. The first-order chi connectivity index (χ1) is 9.63. The van der Waals surface area contributed by atoms with Crippen LogP contribution < -0.4 is 21.3 Å². The first kappa shape index (κ1) is 14.1. The van der Waals surface area contributed by atoms with Crippen molar-refractivity contribution in [3.63, 3.8) is 0 Å². The van der Waals surface area contributed by atoms with Crippen molar-refractivity contribution >= 4 is 28.9 Å². The maximum Gasteiger partial charge on any atom is 0.274 e. The van der Waals surface area contributed by atoms with E-state index in [2.05, 4.69) is 15.7 Å². The Bertz CT molecular complexity index is 616. The van der Waals surface area contributed by atoms with E-state index in [1.54, 1.807) is 30.3 Å². The summed E-state index contributed by atoms with van der Waals surface area (Å²) in [4.78, 5) is 16.1. The van der Waals surface area contributed by atoms with E-state index < -0.39 is 0 Å². The van der Waals surface area contributed by atoms with Gasteiger partial charge >= 0.3 is 0 Å². The number of hydrogen-bond donors (Lipinski definition) is 3. The van der Waals surface area contributed by atoms with Gasteiger partial charge in [-0.25, -0.2) is 4.98 Å². The van der Waals surface area contributed by atoms with Crippen LogP contribution in [0.1, 0.15) is 10.5 Å². The minimum absolute atomic E-state index is 0.256. The topological polar surface area (TPSA) is 89.3 Å². The van der Waals surface area contributed by atoms with Crippen molar-refractivity contribution < 1.29 is 9.53 Å². The Kier molecular flexibility index (Phi) is 4.39. The molecule has 1 aromatic carbocycles. The van der Waals surface area contributed by atoms with E-state index in [1.807, 2.05) is 0 Å². The van der Waals surface area contributed by atoms with Gasteiger partial charge in [-0.2, -0.15) is 0 Å². The number of ether oxygens (including phenoxy) is 1. The molecule has 0 spiro atoms. The number of rotatable bonds is 4. The largest absolute Gasteiger partial charge is 0.495 e. The highest BCUT2D eigenvalue weighted by Crippen LogP contribution is 2.27. The fraction of sp³-hybridized carbons (Fsp3) is 0.0769. The van der Waals surface area contributed by atoms with Crippen LogP contribution in [0.5, 0.6) is 5.75 Å². The molecule has 0 saturated carbocycles. The normalized spacial score (nSPS) is 9.95. The molecular formula is C13H13ClN4O2. The molecule has 0 aliphatic heterocycles. The molecule has 0 unspecified atom stereocenters. The molecule has 0 radical (unpaired) electrons. The molecule has 0 aliphatic carbocycles. The fourth-order valence-electron chi connectivity index (χ4n) is 1.58. The zero-order valence-corrected chi connectivity index (χ0v) is 11.4. The third kappa shape index (κ3) is 3.17. The number of carbonyl (C=O) groups excluding carboxylic acids is 1. The number of methoxy groups -OCH3 is 1. The van der Waals surface area contributed by atoms with Gasteiger partial charge in [0.2, 0.25) is 0 Å².